The Morgan fingerprint density at radius 3 is 2.65 bits per heavy atom. The second-order valence-corrected chi connectivity index (χ2v) is 8.91. The zero-order valence-corrected chi connectivity index (χ0v) is 22.5. The zero-order chi connectivity index (χ0) is 30.7. The summed E-state index contributed by atoms with van der Waals surface area (Å²) in [6.45, 7) is 2.32. The van der Waals surface area contributed by atoms with Gasteiger partial charge in [0.2, 0.25) is 5.96 Å². The lowest BCUT2D eigenvalue weighted by Gasteiger charge is -2.28. The van der Waals surface area contributed by atoms with E-state index in [-0.39, 0.29) is 43.0 Å². The molecule has 1 aliphatic rings. The molecule has 0 bridgehead atoms. The molecule has 2 aromatic carbocycles. The smallest absolute Gasteiger partial charge is 0.416 e. The summed E-state index contributed by atoms with van der Waals surface area (Å²) in [6, 6.07) is 9.72. The highest BCUT2D eigenvalue weighted by Gasteiger charge is 2.30. The lowest BCUT2D eigenvalue weighted by molar-refractivity contribution is -0.137. The summed E-state index contributed by atoms with van der Waals surface area (Å²) < 4.78 is 76.7. The van der Waals surface area contributed by atoms with Crippen LogP contribution in [0.25, 0.3) is 0 Å². The van der Waals surface area contributed by atoms with E-state index < -0.39 is 23.4 Å². The number of hydrogen-bond donors (Lipinski definition) is 3. The summed E-state index contributed by atoms with van der Waals surface area (Å²) in [4.78, 5) is 14.8. The Morgan fingerprint density at radius 2 is 1.91 bits per heavy atom. The van der Waals surface area contributed by atoms with Crippen molar-refractivity contribution in [2.75, 3.05) is 49.8 Å². The number of morpholine rings is 1. The summed E-state index contributed by atoms with van der Waals surface area (Å²) in [5, 5.41) is 18.3. The van der Waals surface area contributed by atoms with Crippen LogP contribution in [-0.4, -0.2) is 61.6 Å². The van der Waals surface area contributed by atoms with E-state index in [1.54, 1.807) is 12.3 Å². The molecule has 0 amide bonds. The fourth-order valence-corrected chi connectivity index (χ4v) is 3.77. The Morgan fingerprint density at radius 1 is 1.09 bits per heavy atom. The van der Waals surface area contributed by atoms with Crippen LogP contribution in [0.4, 0.5) is 33.6 Å². The molecule has 0 aliphatic carbocycles. The number of anilines is 2. The second-order valence-electron chi connectivity index (χ2n) is 8.91. The third-order valence-electron chi connectivity index (χ3n) is 5.84. The van der Waals surface area contributed by atoms with Crippen molar-refractivity contribution in [3.05, 3.63) is 76.9 Å². The Bertz CT molecular complexity index is 1490. The molecule has 0 unspecified atom stereocenters. The maximum atomic E-state index is 13.4. The molecule has 16 heteroatoms. The molecule has 1 aromatic heterocycles. The highest BCUT2D eigenvalue weighted by Crippen LogP contribution is 2.29. The van der Waals surface area contributed by atoms with E-state index in [2.05, 4.69) is 36.1 Å². The molecule has 4 rings (SSSR count). The number of benzene rings is 2. The standard InChI is InChI=1S/C27H26F5N9O2/c28-21-5-4-19(13-22(21)29)15-35-25(36-17-33)34-6-9-43-26-38-23(14-24(39-26)41-7-10-42-11-8-41)40-37-16-18-2-1-3-20(12-18)27(30,31)32/h1-5,12-14,16H,6-11,15H2,(H2,34,35,36)(H,38,39,40)/b37-16+. The number of aliphatic imine (C=N–C) groups is 1. The van der Waals surface area contributed by atoms with Gasteiger partial charge >= 0.3 is 12.2 Å². The van der Waals surface area contributed by atoms with Crippen LogP contribution >= 0.6 is 0 Å². The first-order valence-corrected chi connectivity index (χ1v) is 12.9. The van der Waals surface area contributed by atoms with Crippen molar-refractivity contribution in [3.63, 3.8) is 0 Å². The number of nitrogens with one attached hydrogen (secondary N) is 3. The Labute approximate surface area is 243 Å². The Kier molecular flexibility index (Phi) is 10.6. The molecule has 1 fully saturated rings. The number of hydrogen-bond acceptors (Lipinski definition) is 9. The zero-order valence-electron chi connectivity index (χ0n) is 22.5. The summed E-state index contributed by atoms with van der Waals surface area (Å²) in [7, 11) is 0. The summed E-state index contributed by atoms with van der Waals surface area (Å²) >= 11 is 0. The van der Waals surface area contributed by atoms with Gasteiger partial charge in [-0.15, -0.1) is 0 Å². The molecule has 11 nitrogen and oxygen atoms in total. The first-order chi connectivity index (χ1) is 20.7. The van der Waals surface area contributed by atoms with E-state index in [0.29, 0.717) is 37.7 Å². The van der Waals surface area contributed by atoms with E-state index in [0.717, 1.165) is 24.3 Å². The van der Waals surface area contributed by atoms with Gasteiger partial charge in [0.15, 0.2) is 23.6 Å². The molecule has 3 aromatic rings. The van der Waals surface area contributed by atoms with Gasteiger partial charge in [0.05, 0.1) is 38.1 Å². The molecule has 0 atom stereocenters. The highest BCUT2D eigenvalue weighted by atomic mass is 19.4. The van der Waals surface area contributed by atoms with Gasteiger partial charge in [0.1, 0.15) is 12.4 Å². The molecule has 3 N–H and O–H groups in total. The summed E-state index contributed by atoms with van der Waals surface area (Å²) in [6.07, 6.45) is -1.50. The van der Waals surface area contributed by atoms with Gasteiger partial charge in [-0.3, -0.25) is 10.7 Å². The fraction of sp³-hybridized carbons (Fsp3) is 0.296. The van der Waals surface area contributed by atoms with Crippen LogP contribution in [0.2, 0.25) is 0 Å². The number of ether oxygens (including phenoxy) is 2. The van der Waals surface area contributed by atoms with Crippen LogP contribution in [0.5, 0.6) is 6.01 Å². The minimum Gasteiger partial charge on any atom is -0.461 e. The van der Waals surface area contributed by atoms with Crippen LogP contribution in [-0.2, 0) is 17.5 Å². The van der Waals surface area contributed by atoms with Crippen molar-refractivity contribution in [2.24, 2.45) is 10.1 Å². The molecule has 0 spiro atoms. The molecule has 2 heterocycles. The third-order valence-corrected chi connectivity index (χ3v) is 5.84. The van der Waals surface area contributed by atoms with Crippen molar-refractivity contribution in [2.45, 2.75) is 12.7 Å². The van der Waals surface area contributed by atoms with Crippen LogP contribution in [0.1, 0.15) is 16.7 Å². The Balaban J connectivity index is 1.40. The molecule has 0 saturated carbocycles. The number of aromatic nitrogens is 2. The molecule has 43 heavy (non-hydrogen) atoms. The van der Waals surface area contributed by atoms with Crippen molar-refractivity contribution in [1.29, 1.82) is 5.26 Å². The van der Waals surface area contributed by atoms with Gasteiger partial charge in [-0.1, -0.05) is 18.2 Å². The number of alkyl halides is 3. The lowest BCUT2D eigenvalue weighted by atomic mass is 10.1. The quantitative estimate of drug-likeness (QED) is 0.0605. The van der Waals surface area contributed by atoms with Crippen LogP contribution in [0, 0.1) is 23.1 Å². The maximum absolute atomic E-state index is 13.4. The molecular formula is C27H26F5N9O2. The summed E-state index contributed by atoms with van der Waals surface area (Å²) in [5.74, 6) is -1.12. The maximum Gasteiger partial charge on any atom is 0.416 e. The topological polar surface area (TPSA) is 132 Å². The van der Waals surface area contributed by atoms with E-state index >= 15 is 0 Å². The number of hydrazone groups is 1. The largest absolute Gasteiger partial charge is 0.461 e. The van der Waals surface area contributed by atoms with Gasteiger partial charge in [0.25, 0.3) is 0 Å². The van der Waals surface area contributed by atoms with Crippen LogP contribution in [0.15, 0.2) is 58.6 Å². The minimum absolute atomic E-state index is 0.00363. The Hall–Kier alpha value is -5.04. The average molecular weight is 604 g/mol. The average Bonchev–Trinajstić information content (AvgIpc) is 3.00. The van der Waals surface area contributed by atoms with E-state index in [1.165, 1.54) is 24.4 Å². The van der Waals surface area contributed by atoms with E-state index in [9.17, 15) is 22.0 Å². The van der Waals surface area contributed by atoms with E-state index in [1.807, 2.05) is 4.90 Å². The van der Waals surface area contributed by atoms with Gasteiger partial charge in [-0.2, -0.15) is 33.5 Å². The number of nitriles is 1. The first-order valence-electron chi connectivity index (χ1n) is 12.9. The van der Waals surface area contributed by atoms with Gasteiger partial charge < -0.3 is 19.7 Å². The highest BCUT2D eigenvalue weighted by molar-refractivity contribution is 5.81. The lowest BCUT2D eigenvalue weighted by Crippen LogP contribution is -2.37. The van der Waals surface area contributed by atoms with Crippen LogP contribution in [0.3, 0.4) is 0 Å². The van der Waals surface area contributed by atoms with E-state index in [4.69, 9.17) is 14.7 Å². The molecular weight excluding hydrogens is 577 g/mol. The summed E-state index contributed by atoms with van der Waals surface area (Å²) in [5.41, 5.74) is 2.55. The number of guanidine groups is 1. The molecule has 1 saturated heterocycles. The minimum atomic E-state index is -4.47. The SMILES string of the molecule is N#CNC(=NCc1ccc(F)c(F)c1)NCCOc1nc(N/N=C/c2cccc(C(F)(F)F)c2)cc(N2CCOCC2)n1. The number of rotatable bonds is 10. The van der Waals surface area contributed by atoms with Crippen molar-refractivity contribution >= 4 is 23.8 Å². The van der Waals surface area contributed by atoms with Crippen molar-refractivity contribution < 1.29 is 31.4 Å². The van der Waals surface area contributed by atoms with Crippen molar-refractivity contribution in [3.8, 4) is 12.2 Å². The van der Waals surface area contributed by atoms with Crippen LogP contribution < -0.4 is 25.7 Å². The number of nitrogens with zero attached hydrogens (tertiary/aromatic N) is 6. The molecule has 0 radical (unpaired) electrons. The molecule has 226 valence electrons. The predicted molar refractivity (Wildman–Crippen MR) is 147 cm³/mol. The molecule has 1 aliphatic heterocycles. The first kappa shape index (κ1) is 30.9. The van der Waals surface area contributed by atoms with Gasteiger partial charge in [-0.05, 0) is 35.4 Å². The normalized spacial score (nSPS) is 14.0. The monoisotopic (exact) mass is 603 g/mol. The van der Waals surface area contributed by atoms with Gasteiger partial charge in [-0.25, -0.2) is 13.8 Å². The third kappa shape index (κ3) is 9.50. The fourth-order valence-electron chi connectivity index (χ4n) is 3.77. The predicted octanol–water partition coefficient (Wildman–Crippen LogP) is 3.65. The second kappa shape index (κ2) is 14.7. The number of halogens is 5. The van der Waals surface area contributed by atoms with Gasteiger partial charge in [0, 0.05) is 19.2 Å². The van der Waals surface area contributed by atoms with Crippen molar-refractivity contribution in [1.82, 2.24) is 20.6 Å².